The van der Waals surface area contributed by atoms with Gasteiger partial charge in [-0.1, -0.05) is 0 Å². The summed E-state index contributed by atoms with van der Waals surface area (Å²) in [6.07, 6.45) is 2.67. The fourth-order valence-electron chi connectivity index (χ4n) is 0.553. The summed E-state index contributed by atoms with van der Waals surface area (Å²) >= 11 is 2.95. The third-order valence-electron chi connectivity index (χ3n) is 1.00. The number of halogens is 2. The number of hydrogen-bond donors (Lipinski definition) is 0. The molecule has 0 N–H and O–H groups in total. The second-order valence-electron chi connectivity index (χ2n) is 1.73. The van der Waals surface area contributed by atoms with Crippen molar-refractivity contribution in [3.05, 3.63) is 22.5 Å². The molecule has 1 rings (SSSR count). The number of rotatable bonds is 0. The van der Waals surface area contributed by atoms with E-state index in [1.54, 1.807) is 0 Å². The highest BCUT2D eigenvalue weighted by Crippen LogP contribution is 2.21. The van der Waals surface area contributed by atoms with Gasteiger partial charge in [-0.05, 0) is 28.1 Å². The van der Waals surface area contributed by atoms with Gasteiger partial charge < -0.3 is 0 Å². The summed E-state index contributed by atoms with van der Waals surface area (Å²) in [4.78, 5) is 10.4. The van der Waals surface area contributed by atoms with Crippen LogP contribution >= 0.6 is 15.9 Å². The molecule has 0 amide bonds. The van der Waals surface area contributed by atoms with Gasteiger partial charge in [0, 0.05) is 4.48 Å². The monoisotopic (exact) mass is 190 g/mol. The van der Waals surface area contributed by atoms with Gasteiger partial charge in [0.1, 0.15) is 5.83 Å². The molecule has 0 aromatic heterocycles. The summed E-state index contributed by atoms with van der Waals surface area (Å²) in [5.74, 6) is -0.571. The minimum absolute atomic E-state index is 0.100. The first-order chi connectivity index (χ1) is 4.20. The molecule has 0 radical (unpaired) electrons. The van der Waals surface area contributed by atoms with Crippen LogP contribution in [0.4, 0.5) is 4.39 Å². The van der Waals surface area contributed by atoms with E-state index in [-0.39, 0.29) is 18.0 Å². The van der Waals surface area contributed by atoms with Crippen LogP contribution in [0, 0.1) is 0 Å². The molecule has 0 saturated carbocycles. The Balaban J connectivity index is 2.87. The molecule has 0 saturated heterocycles. The van der Waals surface area contributed by atoms with Gasteiger partial charge in [0.25, 0.3) is 0 Å². The lowest BCUT2D eigenvalue weighted by molar-refractivity contribution is -0.114. The van der Waals surface area contributed by atoms with Crippen molar-refractivity contribution in [2.45, 2.75) is 6.42 Å². The van der Waals surface area contributed by atoms with Crippen molar-refractivity contribution in [1.82, 2.24) is 0 Å². The standard InChI is InChI=1S/C6H4BrFO/c7-5-2-1-4(9)3-6(5)8/h1-2H,3H2. The summed E-state index contributed by atoms with van der Waals surface area (Å²) in [7, 11) is 0. The fraction of sp³-hybridized carbons (Fsp3) is 0.167. The van der Waals surface area contributed by atoms with Gasteiger partial charge in [0.2, 0.25) is 0 Å². The predicted octanol–water partition coefficient (Wildman–Crippen LogP) is 2.09. The molecule has 0 heterocycles. The number of ketones is 1. The van der Waals surface area contributed by atoms with E-state index in [0.717, 1.165) is 0 Å². The molecule has 1 aliphatic carbocycles. The average Bonchev–Trinajstić information content (AvgIpc) is 1.80. The Kier molecular flexibility index (Phi) is 1.81. The highest BCUT2D eigenvalue weighted by atomic mass is 79.9. The lowest BCUT2D eigenvalue weighted by Crippen LogP contribution is -1.97. The molecule has 0 bridgehead atoms. The van der Waals surface area contributed by atoms with Crippen LogP contribution in [0.1, 0.15) is 6.42 Å². The Morgan fingerprint density at radius 2 is 2.22 bits per heavy atom. The van der Waals surface area contributed by atoms with Gasteiger partial charge in [-0.15, -0.1) is 0 Å². The van der Waals surface area contributed by atoms with Crippen molar-refractivity contribution in [2.24, 2.45) is 0 Å². The quantitative estimate of drug-likeness (QED) is 0.572. The maximum Gasteiger partial charge on any atom is 0.162 e. The van der Waals surface area contributed by atoms with Crippen LogP contribution in [-0.2, 0) is 4.79 Å². The largest absolute Gasteiger partial charge is 0.294 e. The molecule has 0 aromatic carbocycles. The van der Waals surface area contributed by atoms with E-state index in [9.17, 15) is 9.18 Å². The third kappa shape index (κ3) is 1.48. The van der Waals surface area contributed by atoms with Crippen LogP contribution in [-0.4, -0.2) is 5.78 Å². The van der Waals surface area contributed by atoms with Crippen LogP contribution < -0.4 is 0 Å². The molecule has 48 valence electrons. The van der Waals surface area contributed by atoms with Gasteiger partial charge in [0.15, 0.2) is 5.78 Å². The smallest absolute Gasteiger partial charge is 0.162 e. The lowest BCUT2D eigenvalue weighted by Gasteiger charge is -2.00. The highest BCUT2D eigenvalue weighted by molar-refractivity contribution is 9.11. The second-order valence-corrected chi connectivity index (χ2v) is 2.58. The van der Waals surface area contributed by atoms with Crippen LogP contribution in [0.3, 0.4) is 0 Å². The maximum absolute atomic E-state index is 12.4. The van der Waals surface area contributed by atoms with E-state index in [1.165, 1.54) is 12.2 Å². The summed E-state index contributed by atoms with van der Waals surface area (Å²) < 4.78 is 12.8. The third-order valence-corrected chi connectivity index (χ3v) is 1.70. The number of carbonyl (C=O) groups excluding carboxylic acids is 1. The molecule has 0 unspecified atom stereocenters. The Morgan fingerprint density at radius 3 is 2.67 bits per heavy atom. The van der Waals surface area contributed by atoms with Crippen molar-refractivity contribution in [3.63, 3.8) is 0 Å². The number of allylic oxidation sites excluding steroid dienone is 4. The van der Waals surface area contributed by atoms with Crippen LogP contribution in [0.25, 0.3) is 0 Å². The van der Waals surface area contributed by atoms with E-state index >= 15 is 0 Å². The molecule has 1 nitrogen and oxygen atoms in total. The first-order valence-electron chi connectivity index (χ1n) is 2.45. The highest BCUT2D eigenvalue weighted by Gasteiger charge is 2.10. The zero-order valence-electron chi connectivity index (χ0n) is 4.53. The molecule has 0 aliphatic heterocycles. The van der Waals surface area contributed by atoms with Crippen LogP contribution in [0.5, 0.6) is 0 Å². The van der Waals surface area contributed by atoms with Gasteiger partial charge in [-0.25, -0.2) is 4.39 Å². The zero-order valence-corrected chi connectivity index (χ0v) is 6.11. The first-order valence-corrected chi connectivity index (χ1v) is 3.24. The van der Waals surface area contributed by atoms with Gasteiger partial charge in [-0.2, -0.15) is 0 Å². The molecule has 0 spiro atoms. The van der Waals surface area contributed by atoms with E-state index in [4.69, 9.17) is 0 Å². The molecule has 0 aromatic rings. The summed E-state index contributed by atoms with van der Waals surface area (Å²) in [6, 6.07) is 0. The minimum atomic E-state index is -0.387. The first kappa shape index (κ1) is 6.68. The summed E-state index contributed by atoms with van der Waals surface area (Å²) in [6.45, 7) is 0. The molecule has 1 aliphatic rings. The number of hydrogen-bond acceptors (Lipinski definition) is 1. The van der Waals surface area contributed by atoms with E-state index in [1.807, 2.05) is 0 Å². The van der Waals surface area contributed by atoms with Gasteiger partial charge >= 0.3 is 0 Å². The van der Waals surface area contributed by atoms with Crippen molar-refractivity contribution >= 4 is 21.7 Å². The Bertz CT molecular complexity index is 205. The van der Waals surface area contributed by atoms with Crippen molar-refractivity contribution in [3.8, 4) is 0 Å². The van der Waals surface area contributed by atoms with E-state index in [2.05, 4.69) is 15.9 Å². The molecule has 0 fully saturated rings. The van der Waals surface area contributed by atoms with Crippen molar-refractivity contribution in [2.75, 3.05) is 0 Å². The van der Waals surface area contributed by atoms with E-state index < -0.39 is 0 Å². The fourth-order valence-corrected chi connectivity index (χ4v) is 0.825. The molecule has 9 heavy (non-hydrogen) atoms. The van der Waals surface area contributed by atoms with Gasteiger partial charge in [0.05, 0.1) is 6.42 Å². The van der Waals surface area contributed by atoms with Gasteiger partial charge in [-0.3, -0.25) is 4.79 Å². The molecular formula is C6H4BrFO. The normalized spacial score (nSPS) is 19.1. The minimum Gasteiger partial charge on any atom is -0.294 e. The van der Waals surface area contributed by atoms with Crippen LogP contribution in [0.15, 0.2) is 22.5 Å². The number of carbonyl (C=O) groups is 1. The zero-order chi connectivity index (χ0) is 6.85. The molecular weight excluding hydrogens is 187 g/mol. The lowest BCUT2D eigenvalue weighted by atomic mass is 10.1. The SMILES string of the molecule is O=C1C=CC(Br)=C(F)C1. The van der Waals surface area contributed by atoms with Crippen LogP contribution in [0.2, 0.25) is 0 Å². The Morgan fingerprint density at radius 1 is 1.56 bits per heavy atom. The topological polar surface area (TPSA) is 17.1 Å². The van der Waals surface area contributed by atoms with Crippen molar-refractivity contribution < 1.29 is 9.18 Å². The predicted molar refractivity (Wildman–Crippen MR) is 35.8 cm³/mol. The average molecular weight is 191 g/mol. The molecule has 0 atom stereocenters. The molecule has 3 heteroatoms. The summed E-state index contributed by atoms with van der Waals surface area (Å²) in [5, 5.41) is 0. The van der Waals surface area contributed by atoms with Crippen molar-refractivity contribution in [1.29, 1.82) is 0 Å². The van der Waals surface area contributed by atoms with E-state index in [0.29, 0.717) is 4.48 Å². The summed E-state index contributed by atoms with van der Waals surface area (Å²) in [5.41, 5.74) is 0. The maximum atomic E-state index is 12.4. The second kappa shape index (κ2) is 2.43. The Hall–Kier alpha value is -0.440. The Labute approximate surface area is 60.4 Å².